The summed E-state index contributed by atoms with van der Waals surface area (Å²) >= 11 is 6.01. The first-order valence-electron chi connectivity index (χ1n) is 9.81. The number of carbonyl (C=O) groups is 1. The summed E-state index contributed by atoms with van der Waals surface area (Å²) in [6, 6.07) is 15.4. The van der Waals surface area contributed by atoms with Gasteiger partial charge in [0.1, 0.15) is 5.75 Å². The zero-order valence-corrected chi connectivity index (χ0v) is 17.2. The molecule has 0 radical (unpaired) electrons. The number of benzene rings is 2. The van der Waals surface area contributed by atoms with Crippen molar-refractivity contribution < 1.29 is 13.9 Å². The number of amides is 1. The molecule has 1 aromatic heterocycles. The molecule has 154 valence electrons. The van der Waals surface area contributed by atoms with Gasteiger partial charge >= 0.3 is 6.01 Å². The lowest BCUT2D eigenvalue weighted by atomic mass is 9.44. The van der Waals surface area contributed by atoms with Gasteiger partial charge in [-0.2, -0.15) is 0 Å². The average molecular weight is 425 g/mol. The fourth-order valence-corrected chi connectivity index (χ4v) is 4.56. The number of ether oxygens (including phenoxy) is 1. The molecule has 1 heterocycles. The summed E-state index contributed by atoms with van der Waals surface area (Å²) in [4.78, 5) is 12.3. The summed E-state index contributed by atoms with van der Waals surface area (Å²) in [5, 5.41) is 15.3. The molecule has 2 aromatic carbocycles. The quantitative estimate of drug-likeness (QED) is 0.596. The molecule has 3 saturated carbocycles. The maximum atomic E-state index is 12.3. The largest absolute Gasteiger partial charge is 0.484 e. The van der Waals surface area contributed by atoms with Crippen molar-refractivity contribution in [3.8, 4) is 17.2 Å². The minimum absolute atomic E-state index is 0.0205. The maximum absolute atomic E-state index is 12.3. The van der Waals surface area contributed by atoms with Crippen molar-refractivity contribution in [2.45, 2.75) is 37.3 Å². The third-order valence-electron chi connectivity index (χ3n) is 5.75. The summed E-state index contributed by atoms with van der Waals surface area (Å²) in [5.41, 5.74) is 1.56. The van der Waals surface area contributed by atoms with Gasteiger partial charge in [-0.25, -0.2) is 0 Å². The lowest BCUT2D eigenvalue weighted by Crippen LogP contribution is -2.81. The van der Waals surface area contributed by atoms with Gasteiger partial charge in [-0.05, 0) is 62.1 Å². The molecule has 0 atom stereocenters. The molecule has 3 aliphatic carbocycles. The Labute approximate surface area is 178 Å². The van der Waals surface area contributed by atoms with E-state index in [-0.39, 0.29) is 23.6 Å². The van der Waals surface area contributed by atoms with E-state index in [1.165, 1.54) is 0 Å². The molecule has 30 heavy (non-hydrogen) atoms. The van der Waals surface area contributed by atoms with Gasteiger partial charge in [-0.3, -0.25) is 4.79 Å². The van der Waals surface area contributed by atoms with Crippen molar-refractivity contribution in [1.29, 1.82) is 0 Å². The Bertz CT molecular complexity index is 1080. The number of rotatable bonds is 7. The van der Waals surface area contributed by atoms with Crippen molar-refractivity contribution in [1.82, 2.24) is 15.5 Å². The second-order valence-electron chi connectivity index (χ2n) is 8.24. The highest BCUT2D eigenvalue weighted by molar-refractivity contribution is 6.31. The van der Waals surface area contributed by atoms with Gasteiger partial charge in [0, 0.05) is 21.7 Å². The van der Waals surface area contributed by atoms with Gasteiger partial charge in [0.15, 0.2) is 6.61 Å². The fourth-order valence-electron chi connectivity index (χ4n) is 4.44. The molecule has 0 aliphatic heterocycles. The van der Waals surface area contributed by atoms with Crippen LogP contribution in [-0.2, 0) is 4.79 Å². The second kappa shape index (κ2) is 7.02. The van der Waals surface area contributed by atoms with Crippen LogP contribution in [0.1, 0.15) is 24.8 Å². The van der Waals surface area contributed by atoms with Crippen LogP contribution in [0, 0.1) is 6.92 Å². The van der Waals surface area contributed by atoms with Crippen molar-refractivity contribution >= 4 is 23.5 Å². The highest BCUT2D eigenvalue weighted by Gasteiger charge is 2.69. The summed E-state index contributed by atoms with van der Waals surface area (Å²) in [6.07, 6.45) is 2.48. The van der Waals surface area contributed by atoms with Crippen LogP contribution in [0.25, 0.3) is 11.5 Å². The predicted molar refractivity (Wildman–Crippen MR) is 112 cm³/mol. The van der Waals surface area contributed by atoms with E-state index in [2.05, 4.69) is 20.8 Å². The normalized spacial score (nSPS) is 23.8. The standard InChI is InChI=1S/C22H21ClN4O3/c1-14-9-16(7-8-17(14)23)29-10-18(28)24-21-11-22(12-21,13-21)25-20-27-26-19(30-20)15-5-3-2-4-6-15/h2-9H,10-13H2,1H3,(H,24,28)(H,25,27). The zero-order valence-electron chi connectivity index (χ0n) is 16.4. The molecule has 2 N–H and O–H groups in total. The van der Waals surface area contributed by atoms with Crippen LogP contribution in [0.2, 0.25) is 5.02 Å². The number of anilines is 1. The number of carbonyl (C=O) groups excluding carboxylic acids is 1. The molecule has 3 aliphatic rings. The monoisotopic (exact) mass is 424 g/mol. The third-order valence-corrected chi connectivity index (χ3v) is 6.18. The van der Waals surface area contributed by atoms with Crippen molar-refractivity contribution in [3.63, 3.8) is 0 Å². The highest BCUT2D eigenvalue weighted by atomic mass is 35.5. The molecule has 6 rings (SSSR count). The summed E-state index contributed by atoms with van der Waals surface area (Å²) in [5.74, 6) is 0.996. The Morgan fingerprint density at radius 2 is 1.90 bits per heavy atom. The minimum Gasteiger partial charge on any atom is -0.484 e. The summed E-state index contributed by atoms with van der Waals surface area (Å²) in [7, 11) is 0. The second-order valence-corrected chi connectivity index (χ2v) is 8.65. The first-order chi connectivity index (χ1) is 14.4. The Kier molecular flexibility index (Phi) is 4.43. The summed E-state index contributed by atoms with van der Waals surface area (Å²) < 4.78 is 11.3. The molecule has 3 aromatic rings. The molecule has 0 unspecified atom stereocenters. The number of hydrogen-bond acceptors (Lipinski definition) is 6. The van der Waals surface area contributed by atoms with Crippen LogP contribution in [0.3, 0.4) is 0 Å². The molecule has 0 saturated heterocycles. The predicted octanol–water partition coefficient (Wildman–Crippen LogP) is 3.98. The number of aromatic nitrogens is 2. The Morgan fingerprint density at radius 1 is 1.13 bits per heavy atom. The third kappa shape index (κ3) is 3.50. The zero-order chi connectivity index (χ0) is 20.8. The van der Waals surface area contributed by atoms with Crippen LogP contribution in [-0.4, -0.2) is 33.8 Å². The van der Waals surface area contributed by atoms with E-state index in [9.17, 15) is 4.79 Å². The molecule has 0 spiro atoms. The summed E-state index contributed by atoms with van der Waals surface area (Å²) in [6.45, 7) is 1.88. The van der Waals surface area contributed by atoms with Gasteiger partial charge in [0.25, 0.3) is 5.91 Å². The van der Waals surface area contributed by atoms with Crippen LogP contribution in [0.15, 0.2) is 52.9 Å². The van der Waals surface area contributed by atoms with Crippen molar-refractivity contribution in [2.24, 2.45) is 0 Å². The Balaban J connectivity index is 1.11. The lowest BCUT2D eigenvalue weighted by molar-refractivity contribution is -0.135. The number of aryl methyl sites for hydroxylation is 1. The van der Waals surface area contributed by atoms with Gasteiger partial charge in [-0.1, -0.05) is 34.9 Å². The van der Waals surface area contributed by atoms with Crippen LogP contribution < -0.4 is 15.4 Å². The number of nitrogens with one attached hydrogen (secondary N) is 2. The Morgan fingerprint density at radius 3 is 2.63 bits per heavy atom. The maximum Gasteiger partial charge on any atom is 0.316 e. The van der Waals surface area contributed by atoms with Gasteiger partial charge in [-0.15, -0.1) is 5.10 Å². The minimum atomic E-state index is -0.161. The van der Waals surface area contributed by atoms with E-state index in [1.54, 1.807) is 12.1 Å². The van der Waals surface area contributed by atoms with E-state index in [4.69, 9.17) is 20.8 Å². The topological polar surface area (TPSA) is 89.3 Å². The molecule has 7 nitrogen and oxygen atoms in total. The molecule has 1 amide bonds. The first-order valence-corrected chi connectivity index (χ1v) is 10.2. The van der Waals surface area contributed by atoms with Crippen molar-refractivity contribution in [2.75, 3.05) is 11.9 Å². The first kappa shape index (κ1) is 18.9. The average Bonchev–Trinajstić information content (AvgIpc) is 3.15. The molecular weight excluding hydrogens is 404 g/mol. The number of nitrogens with zero attached hydrogens (tertiary/aromatic N) is 2. The van der Waals surface area contributed by atoms with E-state index < -0.39 is 0 Å². The SMILES string of the molecule is Cc1cc(OCC(=O)NC23CC(Nc4nnc(-c5ccccc5)o4)(C2)C3)ccc1Cl. The van der Waals surface area contributed by atoms with Gasteiger partial charge in [0.2, 0.25) is 5.89 Å². The van der Waals surface area contributed by atoms with Crippen LogP contribution in [0.5, 0.6) is 5.75 Å². The molecular formula is C22H21ClN4O3. The fraction of sp³-hybridized carbons (Fsp3) is 0.318. The van der Waals surface area contributed by atoms with E-state index >= 15 is 0 Å². The van der Waals surface area contributed by atoms with Gasteiger partial charge < -0.3 is 19.8 Å². The molecule has 2 bridgehead atoms. The van der Waals surface area contributed by atoms with E-state index in [0.29, 0.717) is 22.7 Å². The highest BCUT2D eigenvalue weighted by Crippen LogP contribution is 2.61. The number of hydrogen-bond donors (Lipinski definition) is 2. The van der Waals surface area contributed by atoms with Crippen LogP contribution >= 0.6 is 11.6 Å². The van der Waals surface area contributed by atoms with Crippen molar-refractivity contribution in [3.05, 3.63) is 59.1 Å². The molecule has 8 heteroatoms. The van der Waals surface area contributed by atoms with Gasteiger partial charge in [0.05, 0.1) is 0 Å². The molecule has 3 fully saturated rings. The Hall–Kier alpha value is -3.06. The van der Waals surface area contributed by atoms with Crippen LogP contribution in [0.4, 0.5) is 6.01 Å². The van der Waals surface area contributed by atoms with E-state index in [0.717, 1.165) is 30.4 Å². The van der Waals surface area contributed by atoms with E-state index in [1.807, 2.05) is 43.3 Å². The number of halogens is 1. The lowest BCUT2D eigenvalue weighted by Gasteiger charge is -2.70. The smallest absolute Gasteiger partial charge is 0.316 e.